The van der Waals surface area contributed by atoms with Gasteiger partial charge in [-0.15, -0.1) is 0 Å². The predicted octanol–water partition coefficient (Wildman–Crippen LogP) is 4.22. The number of thioether (sulfide) groups is 1. The van der Waals surface area contributed by atoms with Gasteiger partial charge in [-0.05, 0) is 64.1 Å². The first-order chi connectivity index (χ1) is 13.8. The van der Waals surface area contributed by atoms with Gasteiger partial charge in [0.25, 0.3) is 5.56 Å². The Morgan fingerprint density at radius 1 is 1.10 bits per heavy atom. The molecular formula is C22H24N2O4S. The molecule has 1 aromatic heterocycles. The number of hydrogen-bond acceptors (Lipinski definition) is 6. The van der Waals surface area contributed by atoms with Crippen molar-refractivity contribution in [3.8, 4) is 11.4 Å². The number of esters is 1. The Hall–Kier alpha value is -2.80. The molecule has 0 atom stereocenters. The summed E-state index contributed by atoms with van der Waals surface area (Å²) >= 11 is 1.18. The van der Waals surface area contributed by atoms with Gasteiger partial charge in [0.15, 0.2) is 5.16 Å². The topological polar surface area (TPSA) is 70.4 Å². The highest BCUT2D eigenvalue weighted by molar-refractivity contribution is 7.99. The highest BCUT2D eigenvalue weighted by atomic mass is 32.2. The standard InChI is InChI=1S/C22H24N2O4S/c1-5-27-16-12-10-15(11-13-16)24-20(26)17-8-6-7-9-18(17)23-21(24)29-14-19(25)28-22(2,3)4/h6-13H,5,14H2,1-4H3. The van der Waals surface area contributed by atoms with Crippen molar-refractivity contribution in [2.75, 3.05) is 12.4 Å². The van der Waals surface area contributed by atoms with Crippen LogP contribution < -0.4 is 10.3 Å². The fourth-order valence-electron chi connectivity index (χ4n) is 2.79. The molecule has 7 heteroatoms. The van der Waals surface area contributed by atoms with Gasteiger partial charge in [-0.1, -0.05) is 23.9 Å². The molecule has 0 N–H and O–H groups in total. The number of aromatic nitrogens is 2. The maximum atomic E-state index is 13.2. The van der Waals surface area contributed by atoms with Crippen molar-refractivity contribution in [1.29, 1.82) is 0 Å². The molecule has 0 aliphatic rings. The minimum absolute atomic E-state index is 0.0546. The Morgan fingerprint density at radius 3 is 2.45 bits per heavy atom. The molecule has 0 fully saturated rings. The first-order valence-electron chi connectivity index (χ1n) is 9.38. The first-order valence-corrected chi connectivity index (χ1v) is 10.4. The van der Waals surface area contributed by atoms with Gasteiger partial charge in [0.1, 0.15) is 11.4 Å². The molecule has 3 rings (SSSR count). The average molecular weight is 413 g/mol. The molecule has 0 amide bonds. The predicted molar refractivity (Wildman–Crippen MR) is 115 cm³/mol. The Labute approximate surface area is 173 Å². The van der Waals surface area contributed by atoms with Crippen molar-refractivity contribution < 1.29 is 14.3 Å². The molecule has 6 nitrogen and oxygen atoms in total. The van der Waals surface area contributed by atoms with Crippen LogP contribution in [-0.4, -0.2) is 33.5 Å². The van der Waals surface area contributed by atoms with Gasteiger partial charge in [-0.3, -0.25) is 14.2 Å². The Kier molecular flexibility index (Phi) is 6.27. The zero-order valence-electron chi connectivity index (χ0n) is 17.0. The zero-order chi connectivity index (χ0) is 21.0. The van der Waals surface area contributed by atoms with Gasteiger partial charge in [0.2, 0.25) is 0 Å². The molecule has 0 spiro atoms. The normalized spacial score (nSPS) is 11.4. The summed E-state index contributed by atoms with van der Waals surface area (Å²) in [7, 11) is 0. The quantitative estimate of drug-likeness (QED) is 0.343. The van der Waals surface area contributed by atoms with Crippen LogP contribution in [0, 0.1) is 0 Å². The van der Waals surface area contributed by atoms with E-state index < -0.39 is 5.60 Å². The second-order valence-corrected chi connectivity index (χ2v) is 8.30. The zero-order valence-corrected chi connectivity index (χ0v) is 17.8. The number of hydrogen-bond donors (Lipinski definition) is 0. The van der Waals surface area contributed by atoms with E-state index in [1.165, 1.54) is 16.3 Å². The highest BCUT2D eigenvalue weighted by Crippen LogP contribution is 2.23. The smallest absolute Gasteiger partial charge is 0.316 e. The van der Waals surface area contributed by atoms with Crippen molar-refractivity contribution in [2.24, 2.45) is 0 Å². The summed E-state index contributed by atoms with van der Waals surface area (Å²) < 4.78 is 12.4. The number of nitrogens with zero attached hydrogens (tertiary/aromatic N) is 2. The van der Waals surface area contributed by atoms with Crippen molar-refractivity contribution in [3.05, 3.63) is 58.9 Å². The number of fused-ring (bicyclic) bond motifs is 1. The lowest BCUT2D eigenvalue weighted by Gasteiger charge is -2.19. The minimum atomic E-state index is -0.566. The van der Waals surface area contributed by atoms with E-state index in [4.69, 9.17) is 9.47 Å². The molecule has 0 aliphatic heterocycles. The third-order valence-electron chi connectivity index (χ3n) is 3.89. The molecule has 0 saturated carbocycles. The van der Waals surface area contributed by atoms with Crippen LogP contribution in [-0.2, 0) is 9.53 Å². The van der Waals surface area contributed by atoms with E-state index >= 15 is 0 Å². The number of carbonyl (C=O) groups excluding carboxylic acids is 1. The molecule has 0 aliphatic carbocycles. The van der Waals surface area contributed by atoms with Crippen molar-refractivity contribution >= 4 is 28.6 Å². The number of carbonyl (C=O) groups is 1. The first kappa shape index (κ1) is 20.9. The third kappa shape index (κ3) is 5.17. The van der Waals surface area contributed by atoms with Gasteiger partial charge < -0.3 is 9.47 Å². The van der Waals surface area contributed by atoms with E-state index in [9.17, 15) is 9.59 Å². The molecule has 29 heavy (non-hydrogen) atoms. The summed E-state index contributed by atoms with van der Waals surface area (Å²) in [5, 5.41) is 0.951. The molecular weight excluding hydrogens is 388 g/mol. The lowest BCUT2D eigenvalue weighted by atomic mass is 10.2. The van der Waals surface area contributed by atoms with Crippen LogP contribution in [0.25, 0.3) is 16.6 Å². The molecule has 3 aromatic rings. The van der Waals surface area contributed by atoms with E-state index in [2.05, 4.69) is 4.98 Å². The van der Waals surface area contributed by atoms with Crippen molar-refractivity contribution in [1.82, 2.24) is 9.55 Å². The van der Waals surface area contributed by atoms with Gasteiger partial charge in [0, 0.05) is 0 Å². The summed E-state index contributed by atoms with van der Waals surface area (Å²) in [6, 6.07) is 14.4. The number of para-hydroxylation sites is 1. The van der Waals surface area contributed by atoms with Gasteiger partial charge >= 0.3 is 5.97 Å². The molecule has 2 aromatic carbocycles. The molecule has 0 bridgehead atoms. The molecule has 1 heterocycles. The van der Waals surface area contributed by atoms with Crippen molar-refractivity contribution in [3.63, 3.8) is 0 Å². The largest absolute Gasteiger partial charge is 0.494 e. The second kappa shape index (κ2) is 8.69. The summed E-state index contributed by atoms with van der Waals surface area (Å²) in [6.45, 7) is 7.93. The van der Waals surface area contributed by atoms with Crippen LogP contribution in [0.2, 0.25) is 0 Å². The van der Waals surface area contributed by atoms with Crippen LogP contribution in [0.15, 0.2) is 58.5 Å². The Morgan fingerprint density at radius 2 is 1.79 bits per heavy atom. The Balaban J connectivity index is 2.02. The second-order valence-electron chi connectivity index (χ2n) is 7.35. The fourth-order valence-corrected chi connectivity index (χ4v) is 3.58. The molecule has 0 saturated heterocycles. The van der Waals surface area contributed by atoms with E-state index in [1.54, 1.807) is 30.3 Å². The summed E-state index contributed by atoms with van der Waals surface area (Å²) in [6.07, 6.45) is 0. The average Bonchev–Trinajstić information content (AvgIpc) is 2.66. The number of ether oxygens (including phenoxy) is 2. The SMILES string of the molecule is CCOc1ccc(-n2c(SCC(=O)OC(C)(C)C)nc3ccccc3c2=O)cc1. The molecule has 0 unspecified atom stereocenters. The minimum Gasteiger partial charge on any atom is -0.494 e. The van der Waals surface area contributed by atoms with E-state index in [1.807, 2.05) is 45.9 Å². The van der Waals surface area contributed by atoms with E-state index in [0.29, 0.717) is 28.4 Å². The third-order valence-corrected chi connectivity index (χ3v) is 4.80. The maximum Gasteiger partial charge on any atom is 0.316 e. The summed E-state index contributed by atoms with van der Waals surface area (Å²) in [5.74, 6) is 0.420. The van der Waals surface area contributed by atoms with Gasteiger partial charge in [-0.25, -0.2) is 4.98 Å². The van der Waals surface area contributed by atoms with Crippen LogP contribution in [0.3, 0.4) is 0 Å². The lowest BCUT2D eigenvalue weighted by molar-refractivity contribution is -0.151. The van der Waals surface area contributed by atoms with E-state index in [-0.39, 0.29) is 17.3 Å². The summed E-state index contributed by atoms with van der Waals surface area (Å²) in [5.41, 5.74) is 0.490. The summed E-state index contributed by atoms with van der Waals surface area (Å²) in [4.78, 5) is 30.0. The monoisotopic (exact) mass is 412 g/mol. The molecule has 0 radical (unpaired) electrons. The number of benzene rings is 2. The van der Waals surface area contributed by atoms with Crippen LogP contribution >= 0.6 is 11.8 Å². The van der Waals surface area contributed by atoms with Gasteiger partial charge in [-0.2, -0.15) is 0 Å². The van der Waals surface area contributed by atoms with Crippen molar-refractivity contribution in [2.45, 2.75) is 38.5 Å². The van der Waals surface area contributed by atoms with E-state index in [0.717, 1.165) is 5.75 Å². The highest BCUT2D eigenvalue weighted by Gasteiger charge is 2.19. The van der Waals surface area contributed by atoms with Crippen LogP contribution in [0.5, 0.6) is 5.75 Å². The Bertz CT molecular complexity index is 1070. The lowest BCUT2D eigenvalue weighted by Crippen LogP contribution is -2.26. The fraction of sp³-hybridized carbons (Fsp3) is 0.318. The van der Waals surface area contributed by atoms with Crippen LogP contribution in [0.1, 0.15) is 27.7 Å². The van der Waals surface area contributed by atoms with Gasteiger partial charge in [0.05, 0.1) is 29.0 Å². The van der Waals surface area contributed by atoms with Crippen LogP contribution in [0.4, 0.5) is 0 Å². The maximum absolute atomic E-state index is 13.2. The molecule has 152 valence electrons. The number of rotatable bonds is 6.